The molecule has 1 N–H and O–H groups in total. The van der Waals surface area contributed by atoms with Crippen LogP contribution in [-0.2, 0) is 0 Å². The molecule has 0 aliphatic rings. The van der Waals surface area contributed by atoms with Crippen molar-refractivity contribution in [1.29, 1.82) is 5.39 Å². The number of anilines is 2. The maximum atomic E-state index is 8.52. The molecule has 0 unspecified atom stereocenters. The van der Waals surface area contributed by atoms with E-state index < -0.39 is 0 Å². The van der Waals surface area contributed by atoms with Gasteiger partial charge in [-0.2, -0.15) is 0 Å². The molecule has 2 rings (SSSR count). The second-order valence-electron chi connectivity index (χ2n) is 3.14. The van der Waals surface area contributed by atoms with E-state index in [1.807, 2.05) is 42.5 Å². The Balaban J connectivity index is 0.00000128. The van der Waals surface area contributed by atoms with Crippen molar-refractivity contribution in [3.63, 3.8) is 0 Å². The molecule has 0 saturated carbocycles. The number of hydrogen-bond donors (Lipinski definition) is 1. The highest BCUT2D eigenvalue weighted by Crippen LogP contribution is 2.19. The lowest BCUT2D eigenvalue weighted by atomic mass is 10.2. The first-order valence-corrected chi connectivity index (χ1v) is 4.66. The molecule has 3 nitrogen and oxygen atoms in total. The van der Waals surface area contributed by atoms with Crippen molar-refractivity contribution >= 4 is 17.1 Å². The standard InChI is InChI=1S/C12H10N3.CH4/c13-15-12-8-6-11(7-9-12)14-10-4-2-1-3-5-10;/h1-9,14H;1H4/q+1;. The lowest BCUT2D eigenvalue weighted by Crippen LogP contribution is -1.88. The van der Waals surface area contributed by atoms with Crippen LogP contribution in [-0.4, -0.2) is 0 Å². The summed E-state index contributed by atoms with van der Waals surface area (Å²) in [6.45, 7) is 0. The third kappa shape index (κ3) is 2.82. The molecule has 0 bridgehead atoms. The molecule has 3 heteroatoms. The monoisotopic (exact) mass is 212 g/mol. The zero-order chi connectivity index (χ0) is 10.5. The molecule has 0 aromatic heterocycles. The van der Waals surface area contributed by atoms with Crippen molar-refractivity contribution in [2.45, 2.75) is 7.43 Å². The van der Waals surface area contributed by atoms with Crippen LogP contribution >= 0.6 is 0 Å². The lowest BCUT2D eigenvalue weighted by molar-refractivity contribution is 1.46. The van der Waals surface area contributed by atoms with Gasteiger partial charge in [-0.1, -0.05) is 25.6 Å². The topological polar surface area (TPSA) is 40.2 Å². The van der Waals surface area contributed by atoms with E-state index in [1.54, 1.807) is 12.1 Å². The Kier molecular flexibility index (Phi) is 4.05. The van der Waals surface area contributed by atoms with Gasteiger partial charge in [-0.25, -0.2) is 0 Å². The molecule has 0 aliphatic carbocycles. The molecule has 0 amide bonds. The van der Waals surface area contributed by atoms with Crippen LogP contribution < -0.4 is 5.32 Å². The zero-order valence-electron chi connectivity index (χ0n) is 8.09. The summed E-state index contributed by atoms with van der Waals surface area (Å²) in [5.41, 5.74) is 2.55. The van der Waals surface area contributed by atoms with Gasteiger partial charge in [0.25, 0.3) is 0 Å². The van der Waals surface area contributed by atoms with Crippen LogP contribution in [0.4, 0.5) is 17.1 Å². The number of nitrogens with zero attached hydrogens (tertiary/aromatic N) is 2. The fourth-order valence-corrected chi connectivity index (χ4v) is 1.30. The van der Waals surface area contributed by atoms with E-state index >= 15 is 0 Å². The summed E-state index contributed by atoms with van der Waals surface area (Å²) in [4.78, 5) is 3.09. The van der Waals surface area contributed by atoms with Gasteiger partial charge in [0.1, 0.15) is 0 Å². The van der Waals surface area contributed by atoms with Crippen LogP contribution in [0.1, 0.15) is 7.43 Å². The fourth-order valence-electron chi connectivity index (χ4n) is 1.30. The van der Waals surface area contributed by atoms with Crippen molar-refractivity contribution in [1.82, 2.24) is 0 Å². The first-order valence-electron chi connectivity index (χ1n) is 4.66. The fraction of sp³-hybridized carbons (Fsp3) is 0.0769. The van der Waals surface area contributed by atoms with Gasteiger partial charge in [-0.05, 0) is 24.3 Å². The number of diazo groups is 1. The zero-order valence-corrected chi connectivity index (χ0v) is 8.09. The minimum absolute atomic E-state index is 0. The third-order valence-electron chi connectivity index (χ3n) is 2.05. The van der Waals surface area contributed by atoms with Gasteiger partial charge >= 0.3 is 5.69 Å². The second-order valence-corrected chi connectivity index (χ2v) is 3.14. The predicted octanol–water partition coefficient (Wildman–Crippen LogP) is 4.55. The Hall–Kier alpha value is -2.34. The summed E-state index contributed by atoms with van der Waals surface area (Å²) in [6, 6.07) is 17.1. The molecule has 0 aliphatic heterocycles. The second kappa shape index (κ2) is 5.52. The van der Waals surface area contributed by atoms with Gasteiger partial charge in [0.15, 0.2) is 4.98 Å². The normalized spacial score (nSPS) is 8.69. The minimum atomic E-state index is 0. The SMILES string of the molecule is C.N#[N+]c1ccc(Nc2ccccc2)cc1. The number of para-hydroxylation sites is 1. The van der Waals surface area contributed by atoms with Crippen LogP contribution in [0.2, 0.25) is 0 Å². The van der Waals surface area contributed by atoms with Crippen molar-refractivity contribution in [2.75, 3.05) is 5.32 Å². The molecule has 0 heterocycles. The molecular formula is C13H14N3+. The van der Waals surface area contributed by atoms with Gasteiger partial charge in [-0.3, -0.25) is 0 Å². The Morgan fingerprint density at radius 2 is 1.38 bits per heavy atom. The molecule has 80 valence electrons. The summed E-state index contributed by atoms with van der Waals surface area (Å²) in [5, 5.41) is 11.8. The molecule has 0 spiro atoms. The van der Waals surface area contributed by atoms with Crippen LogP contribution in [0.3, 0.4) is 0 Å². The number of rotatable bonds is 2. The van der Waals surface area contributed by atoms with E-state index in [0.717, 1.165) is 11.4 Å². The van der Waals surface area contributed by atoms with Gasteiger partial charge in [0.05, 0.1) is 0 Å². The summed E-state index contributed by atoms with van der Waals surface area (Å²) in [6.07, 6.45) is 0. The first-order chi connectivity index (χ1) is 7.38. The van der Waals surface area contributed by atoms with Crippen molar-refractivity contribution < 1.29 is 0 Å². The predicted molar refractivity (Wildman–Crippen MR) is 67.6 cm³/mol. The summed E-state index contributed by atoms with van der Waals surface area (Å²) in [7, 11) is 0. The maximum Gasteiger partial charge on any atom is 0.385 e. The molecule has 0 atom stereocenters. The summed E-state index contributed by atoms with van der Waals surface area (Å²) < 4.78 is 0. The quantitative estimate of drug-likeness (QED) is 0.742. The third-order valence-corrected chi connectivity index (χ3v) is 2.05. The van der Waals surface area contributed by atoms with Gasteiger partial charge in [0.2, 0.25) is 5.39 Å². The number of hydrogen-bond acceptors (Lipinski definition) is 2. The van der Waals surface area contributed by atoms with Crippen molar-refractivity contribution in [2.24, 2.45) is 0 Å². The molecule has 2 aromatic rings. The Bertz CT molecular complexity index is 469. The van der Waals surface area contributed by atoms with E-state index in [1.165, 1.54) is 0 Å². The van der Waals surface area contributed by atoms with Crippen LogP contribution in [0.25, 0.3) is 4.98 Å². The van der Waals surface area contributed by atoms with Crippen molar-refractivity contribution in [3.05, 3.63) is 59.6 Å². The average molecular weight is 212 g/mol. The highest BCUT2D eigenvalue weighted by Gasteiger charge is 2.02. The molecule has 16 heavy (non-hydrogen) atoms. The minimum Gasteiger partial charge on any atom is -0.356 e. The lowest BCUT2D eigenvalue weighted by Gasteiger charge is -2.04. The molecular weight excluding hydrogens is 198 g/mol. The Morgan fingerprint density at radius 3 is 1.94 bits per heavy atom. The van der Waals surface area contributed by atoms with Crippen LogP contribution in [0.15, 0.2) is 54.6 Å². The molecule has 0 fully saturated rings. The molecule has 0 radical (unpaired) electrons. The van der Waals surface area contributed by atoms with Crippen LogP contribution in [0, 0.1) is 5.39 Å². The summed E-state index contributed by atoms with van der Waals surface area (Å²) >= 11 is 0. The van der Waals surface area contributed by atoms with E-state index in [9.17, 15) is 0 Å². The van der Waals surface area contributed by atoms with E-state index in [4.69, 9.17) is 5.39 Å². The Morgan fingerprint density at radius 1 is 0.812 bits per heavy atom. The van der Waals surface area contributed by atoms with Gasteiger partial charge in [-0.15, -0.1) is 0 Å². The van der Waals surface area contributed by atoms with E-state index in [0.29, 0.717) is 5.69 Å². The number of benzene rings is 2. The maximum absolute atomic E-state index is 8.52. The van der Waals surface area contributed by atoms with Gasteiger partial charge < -0.3 is 5.32 Å². The van der Waals surface area contributed by atoms with E-state index in [2.05, 4.69) is 10.3 Å². The summed E-state index contributed by atoms with van der Waals surface area (Å²) in [5.74, 6) is 0. The highest BCUT2D eigenvalue weighted by molar-refractivity contribution is 5.62. The van der Waals surface area contributed by atoms with E-state index in [-0.39, 0.29) is 7.43 Å². The molecule has 2 aromatic carbocycles. The number of nitrogens with one attached hydrogen (secondary N) is 1. The molecule has 0 saturated heterocycles. The first kappa shape index (κ1) is 11.7. The van der Waals surface area contributed by atoms with Crippen LogP contribution in [0.5, 0.6) is 0 Å². The smallest absolute Gasteiger partial charge is 0.356 e. The largest absolute Gasteiger partial charge is 0.385 e. The van der Waals surface area contributed by atoms with Gasteiger partial charge in [0, 0.05) is 23.5 Å². The highest BCUT2D eigenvalue weighted by atomic mass is 14.9. The Labute approximate surface area is 95.4 Å². The van der Waals surface area contributed by atoms with Crippen molar-refractivity contribution in [3.8, 4) is 0 Å². The average Bonchev–Trinajstić information content (AvgIpc) is 2.31.